The summed E-state index contributed by atoms with van der Waals surface area (Å²) in [5.41, 5.74) is 0.525. The van der Waals surface area contributed by atoms with Crippen LogP contribution in [0.5, 0.6) is 0 Å². The number of carboxylic acids is 1. The van der Waals surface area contributed by atoms with Crippen molar-refractivity contribution in [1.82, 2.24) is 9.88 Å². The maximum absolute atomic E-state index is 13.2. The molecule has 1 fully saturated rings. The van der Waals surface area contributed by atoms with E-state index >= 15 is 0 Å². The predicted molar refractivity (Wildman–Crippen MR) is 70.7 cm³/mol. The summed E-state index contributed by atoms with van der Waals surface area (Å²) in [6, 6.07) is 1.32. The number of piperidine rings is 1. The lowest BCUT2D eigenvalue weighted by Gasteiger charge is -2.33. The van der Waals surface area contributed by atoms with Gasteiger partial charge in [0.15, 0.2) is 0 Å². The van der Waals surface area contributed by atoms with Crippen molar-refractivity contribution in [2.24, 2.45) is 0 Å². The number of halogens is 4. The fourth-order valence-corrected chi connectivity index (χ4v) is 2.77. The number of nitrogens with zero attached hydrogens (tertiary/aromatic N) is 2. The average molecular weight is 323 g/mol. The molecular formula is C13H14ClF3N2O2. The number of likely N-dealkylation sites (tertiary alicyclic amines) is 1. The standard InChI is InChI=1S/C13H14ClF3N2O2/c14-9-5-8(13(20)21)6-18-10(9)7-1-3-19(4-2-7)12(17)11(15)16/h5-7,11-12H,1-4H2,(H,20,21). The predicted octanol–water partition coefficient (Wildman–Crippen LogP) is 3.17. The molecule has 0 aliphatic carbocycles. The van der Waals surface area contributed by atoms with Gasteiger partial charge in [0.05, 0.1) is 16.3 Å². The van der Waals surface area contributed by atoms with Gasteiger partial charge in [-0.05, 0) is 18.9 Å². The first-order valence-corrected chi connectivity index (χ1v) is 6.83. The zero-order valence-electron chi connectivity index (χ0n) is 11.0. The molecule has 1 atom stereocenters. The van der Waals surface area contributed by atoms with Crippen molar-refractivity contribution in [3.05, 3.63) is 28.5 Å². The summed E-state index contributed by atoms with van der Waals surface area (Å²) in [6.45, 7) is 0.379. The molecule has 0 amide bonds. The lowest BCUT2D eigenvalue weighted by atomic mass is 9.92. The van der Waals surface area contributed by atoms with Crippen LogP contribution in [0.25, 0.3) is 0 Å². The van der Waals surface area contributed by atoms with Gasteiger partial charge in [0.25, 0.3) is 6.43 Å². The smallest absolute Gasteiger partial charge is 0.337 e. The van der Waals surface area contributed by atoms with E-state index < -0.39 is 18.7 Å². The largest absolute Gasteiger partial charge is 0.478 e. The lowest BCUT2D eigenvalue weighted by molar-refractivity contribution is -0.0576. The Labute approximate surface area is 124 Å². The minimum atomic E-state index is -3.02. The summed E-state index contributed by atoms with van der Waals surface area (Å²) in [4.78, 5) is 16.0. The Balaban J connectivity index is 2.04. The zero-order valence-corrected chi connectivity index (χ0v) is 11.7. The minimum Gasteiger partial charge on any atom is -0.478 e. The number of rotatable bonds is 4. The van der Waals surface area contributed by atoms with Gasteiger partial charge < -0.3 is 5.11 Å². The van der Waals surface area contributed by atoms with Crippen molar-refractivity contribution in [1.29, 1.82) is 0 Å². The highest BCUT2D eigenvalue weighted by molar-refractivity contribution is 6.31. The van der Waals surface area contributed by atoms with Crippen LogP contribution in [0.1, 0.15) is 34.8 Å². The SMILES string of the molecule is O=C(O)c1cnc(C2CCN(C(F)C(F)F)CC2)c(Cl)c1. The van der Waals surface area contributed by atoms with Gasteiger partial charge in [-0.1, -0.05) is 11.6 Å². The van der Waals surface area contributed by atoms with E-state index in [4.69, 9.17) is 16.7 Å². The first kappa shape index (κ1) is 16.0. The first-order valence-electron chi connectivity index (χ1n) is 6.45. The molecule has 1 aliphatic heterocycles. The number of pyridine rings is 1. The number of alkyl halides is 3. The molecule has 0 saturated carbocycles. The maximum atomic E-state index is 13.2. The quantitative estimate of drug-likeness (QED) is 0.865. The number of hydrogen-bond donors (Lipinski definition) is 1. The van der Waals surface area contributed by atoms with Gasteiger partial charge >= 0.3 is 5.97 Å². The molecule has 116 valence electrons. The van der Waals surface area contributed by atoms with Crippen LogP contribution in [0.4, 0.5) is 13.2 Å². The summed E-state index contributed by atoms with van der Waals surface area (Å²) in [5, 5.41) is 9.08. The third-order valence-corrected chi connectivity index (χ3v) is 3.89. The molecule has 2 rings (SSSR count). The molecule has 2 heterocycles. The molecule has 1 aromatic heterocycles. The topological polar surface area (TPSA) is 53.4 Å². The Bertz CT molecular complexity index is 522. The van der Waals surface area contributed by atoms with Gasteiger partial charge in [0.1, 0.15) is 0 Å². The van der Waals surface area contributed by atoms with Gasteiger partial charge in [-0.15, -0.1) is 0 Å². The highest BCUT2D eigenvalue weighted by Crippen LogP contribution is 2.32. The van der Waals surface area contributed by atoms with Crippen LogP contribution in [0.3, 0.4) is 0 Å². The van der Waals surface area contributed by atoms with Gasteiger partial charge in [-0.3, -0.25) is 9.88 Å². The van der Waals surface area contributed by atoms with Gasteiger partial charge in [-0.2, -0.15) is 0 Å². The van der Waals surface area contributed by atoms with E-state index in [9.17, 15) is 18.0 Å². The van der Waals surface area contributed by atoms with Crippen molar-refractivity contribution >= 4 is 17.6 Å². The van der Waals surface area contributed by atoms with Crippen LogP contribution in [0, 0.1) is 0 Å². The van der Waals surface area contributed by atoms with Crippen molar-refractivity contribution in [3.8, 4) is 0 Å². The van der Waals surface area contributed by atoms with E-state index in [0.29, 0.717) is 18.5 Å². The Hall–Kier alpha value is -1.34. The molecule has 8 heteroatoms. The maximum Gasteiger partial charge on any atom is 0.337 e. The molecule has 1 N–H and O–H groups in total. The van der Waals surface area contributed by atoms with Crippen LogP contribution in [0.15, 0.2) is 12.3 Å². The number of carbonyl (C=O) groups is 1. The second-order valence-corrected chi connectivity index (χ2v) is 5.32. The Morgan fingerprint density at radius 2 is 2.00 bits per heavy atom. The number of hydrogen-bond acceptors (Lipinski definition) is 3. The Kier molecular flexibility index (Phi) is 5.05. The summed E-state index contributed by atoms with van der Waals surface area (Å²) in [7, 11) is 0. The van der Waals surface area contributed by atoms with E-state index in [1.54, 1.807) is 0 Å². The van der Waals surface area contributed by atoms with E-state index in [1.165, 1.54) is 12.3 Å². The minimum absolute atomic E-state index is 0.0114. The third-order valence-electron chi connectivity index (χ3n) is 3.59. The average Bonchev–Trinajstić information content (AvgIpc) is 2.46. The van der Waals surface area contributed by atoms with Crippen molar-refractivity contribution in [2.75, 3.05) is 13.1 Å². The van der Waals surface area contributed by atoms with Gasteiger partial charge in [-0.25, -0.2) is 18.0 Å². The highest BCUT2D eigenvalue weighted by Gasteiger charge is 2.32. The van der Waals surface area contributed by atoms with Crippen LogP contribution >= 0.6 is 11.6 Å². The van der Waals surface area contributed by atoms with Crippen molar-refractivity contribution in [2.45, 2.75) is 31.5 Å². The summed E-state index contributed by atoms with van der Waals surface area (Å²) in [5.74, 6) is -1.20. The molecule has 1 saturated heterocycles. The Morgan fingerprint density at radius 1 is 1.38 bits per heavy atom. The molecule has 0 aromatic carbocycles. The summed E-state index contributed by atoms with van der Waals surface area (Å²) >= 11 is 6.02. The fourth-order valence-electron chi connectivity index (χ4n) is 2.44. The molecule has 21 heavy (non-hydrogen) atoms. The van der Waals surface area contributed by atoms with Crippen molar-refractivity contribution in [3.63, 3.8) is 0 Å². The van der Waals surface area contributed by atoms with E-state index in [0.717, 1.165) is 4.90 Å². The van der Waals surface area contributed by atoms with Crippen LogP contribution in [0.2, 0.25) is 5.02 Å². The lowest BCUT2D eigenvalue weighted by Crippen LogP contribution is -2.42. The van der Waals surface area contributed by atoms with Crippen LogP contribution in [-0.2, 0) is 0 Å². The van der Waals surface area contributed by atoms with Crippen LogP contribution < -0.4 is 0 Å². The molecule has 1 unspecified atom stereocenters. The number of aromatic nitrogens is 1. The molecule has 0 spiro atoms. The van der Waals surface area contributed by atoms with E-state index in [1.807, 2.05) is 0 Å². The fraction of sp³-hybridized carbons (Fsp3) is 0.538. The molecule has 1 aromatic rings. The van der Waals surface area contributed by atoms with Gasteiger partial charge in [0.2, 0.25) is 6.30 Å². The molecular weight excluding hydrogens is 309 g/mol. The first-order chi connectivity index (χ1) is 9.90. The van der Waals surface area contributed by atoms with Crippen LogP contribution in [-0.4, -0.2) is 46.8 Å². The molecule has 0 bridgehead atoms. The number of aromatic carboxylic acids is 1. The normalized spacial score (nSPS) is 18.9. The summed E-state index contributed by atoms with van der Waals surface area (Å²) < 4.78 is 37.9. The van der Waals surface area contributed by atoms with E-state index in [2.05, 4.69) is 4.98 Å². The second-order valence-electron chi connectivity index (χ2n) is 4.91. The number of carboxylic acid groups (broad SMARTS) is 1. The molecule has 4 nitrogen and oxygen atoms in total. The van der Waals surface area contributed by atoms with E-state index in [-0.39, 0.29) is 29.6 Å². The monoisotopic (exact) mass is 322 g/mol. The molecule has 1 aliphatic rings. The van der Waals surface area contributed by atoms with Crippen molar-refractivity contribution < 1.29 is 23.1 Å². The van der Waals surface area contributed by atoms with Gasteiger partial charge in [0, 0.05) is 25.2 Å². The molecule has 0 radical (unpaired) electrons. The Morgan fingerprint density at radius 3 is 2.48 bits per heavy atom. The third kappa shape index (κ3) is 3.65. The highest BCUT2D eigenvalue weighted by atomic mass is 35.5. The zero-order chi connectivity index (χ0) is 15.6. The summed E-state index contributed by atoms with van der Waals surface area (Å²) in [6.07, 6.45) is -3.15. The second kappa shape index (κ2) is 6.62.